The number of amides is 3. The maximum absolute atomic E-state index is 13.7. The van der Waals surface area contributed by atoms with Crippen LogP contribution < -0.4 is 5.84 Å². The summed E-state index contributed by atoms with van der Waals surface area (Å²) in [6.45, 7) is 1.66. The number of thiazole rings is 1. The summed E-state index contributed by atoms with van der Waals surface area (Å²) in [4.78, 5) is 71.9. The highest BCUT2D eigenvalue weighted by atomic mass is 32.2. The smallest absolute Gasteiger partial charge is 0.378 e. The Morgan fingerprint density at radius 1 is 1.32 bits per heavy atom. The van der Waals surface area contributed by atoms with Crippen LogP contribution in [-0.2, 0) is 33.3 Å². The van der Waals surface area contributed by atoms with Gasteiger partial charge >= 0.3 is 40.4 Å². The van der Waals surface area contributed by atoms with Gasteiger partial charge in [0.05, 0.1) is 29.4 Å². The van der Waals surface area contributed by atoms with E-state index in [1.54, 1.807) is 6.92 Å². The van der Waals surface area contributed by atoms with E-state index in [9.17, 15) is 28.4 Å². The minimum atomic E-state index is -2.71. The fourth-order valence-corrected chi connectivity index (χ4v) is 6.46. The fraction of sp³-hybridized carbons (Fsp3) is 0.500. The predicted molar refractivity (Wildman–Crippen MR) is 125 cm³/mol. The van der Waals surface area contributed by atoms with E-state index in [-0.39, 0.29) is 25.3 Å². The summed E-state index contributed by atoms with van der Waals surface area (Å²) in [5.41, 5.74) is -0.400. The first kappa shape index (κ1) is 26.9. The highest BCUT2D eigenvalue weighted by Gasteiger charge is 2.66. The van der Waals surface area contributed by atoms with Gasteiger partial charge in [0.1, 0.15) is 5.69 Å². The quantitative estimate of drug-likeness (QED) is 0.0949. The number of β-lactam (4-membered cyclic amide) rings is 1. The molecule has 4 heterocycles. The van der Waals surface area contributed by atoms with Crippen molar-refractivity contribution in [3.8, 4) is 0 Å². The molecular formula is C18H17B2FN6O8S2. The number of aromatic nitrogens is 1. The molecule has 3 saturated heterocycles. The summed E-state index contributed by atoms with van der Waals surface area (Å²) in [6, 6.07) is -0.650. The largest absolute Gasteiger partial charge is 0.541 e. The minimum Gasteiger partial charge on any atom is -0.541 e. The zero-order valence-corrected chi connectivity index (χ0v) is 20.7. The lowest BCUT2D eigenvalue weighted by atomic mass is 9.90. The number of alkyl halides is 1. The van der Waals surface area contributed by atoms with Gasteiger partial charge < -0.3 is 19.0 Å². The molecule has 192 valence electrons. The van der Waals surface area contributed by atoms with Crippen molar-refractivity contribution in [3.63, 3.8) is 0 Å². The van der Waals surface area contributed by atoms with Gasteiger partial charge in [-0.3, -0.25) is 24.3 Å². The second kappa shape index (κ2) is 10.3. The number of Topliss-reactive ketones (excluding diaryl/α,β-unsaturated/α-hetero) is 1. The molecule has 37 heavy (non-hydrogen) atoms. The van der Waals surface area contributed by atoms with Crippen molar-refractivity contribution < 1.29 is 42.5 Å². The van der Waals surface area contributed by atoms with Crippen molar-refractivity contribution in [2.24, 2.45) is 16.9 Å². The van der Waals surface area contributed by atoms with Crippen LogP contribution in [0.15, 0.2) is 10.5 Å². The lowest BCUT2D eigenvalue weighted by Gasteiger charge is -2.40. The predicted octanol–water partition coefficient (Wildman–Crippen LogP) is -1.48. The van der Waals surface area contributed by atoms with Gasteiger partial charge in [0.15, 0.2) is 11.5 Å². The number of halogens is 1. The standard InChI is InChI=1S/C18H17B2FN6O8S2/c1-7-23-9(5-36-7)11(24-35-12(21)15(30)33-19)10(28)4-8-13(29)25-6-18(16(31)34-20,37-14(8)25)26-2-3-27(22)17(26)32/h5,8,12,14H,2-4,6,22H2,1H3/b24-11-/t8?,12?,14-,18-/m1/s1. The van der Waals surface area contributed by atoms with Gasteiger partial charge in [-0.2, -0.15) is 4.39 Å². The molecule has 4 atom stereocenters. The summed E-state index contributed by atoms with van der Waals surface area (Å²) < 4.78 is 21.9. The molecule has 3 fully saturated rings. The van der Waals surface area contributed by atoms with E-state index >= 15 is 0 Å². The van der Waals surface area contributed by atoms with Crippen LogP contribution in [0.3, 0.4) is 0 Å². The van der Waals surface area contributed by atoms with Crippen LogP contribution >= 0.6 is 23.1 Å². The number of hydrazine groups is 1. The van der Waals surface area contributed by atoms with Crippen LogP contribution in [0, 0.1) is 12.8 Å². The monoisotopic (exact) mass is 550 g/mol. The van der Waals surface area contributed by atoms with E-state index in [4.69, 9.17) is 13.9 Å². The van der Waals surface area contributed by atoms with Crippen molar-refractivity contribution in [3.05, 3.63) is 16.1 Å². The maximum atomic E-state index is 13.7. The third-order valence-corrected chi connectivity index (χ3v) is 8.43. The number of rotatable bonds is 9. The van der Waals surface area contributed by atoms with Crippen molar-refractivity contribution in [2.45, 2.75) is 29.9 Å². The number of aryl methyl sites for hydroxylation is 1. The van der Waals surface area contributed by atoms with Gasteiger partial charge in [0.25, 0.3) is 0 Å². The number of thioether (sulfide) groups is 1. The number of urea groups is 1. The molecule has 3 amide bonds. The SMILES string of the molecule is [B]OC(=O)C(F)O/N=C(\C(=O)CC1C(=O)N2C[C@@](C(=O)O[B])(N3CCN(N)C3=O)S[C@H]12)c1csc(C)n1. The molecule has 14 nitrogen and oxygen atoms in total. The average Bonchev–Trinajstić information content (AvgIpc) is 3.58. The van der Waals surface area contributed by atoms with E-state index in [0.717, 1.165) is 16.8 Å². The van der Waals surface area contributed by atoms with Crippen LogP contribution in [0.25, 0.3) is 0 Å². The molecule has 0 spiro atoms. The Balaban J connectivity index is 1.55. The van der Waals surface area contributed by atoms with Crippen LogP contribution in [0.1, 0.15) is 17.1 Å². The molecule has 3 aliphatic rings. The summed E-state index contributed by atoms with van der Waals surface area (Å²) in [7, 11) is 9.74. The zero-order chi connectivity index (χ0) is 27.1. The van der Waals surface area contributed by atoms with Gasteiger partial charge in [-0.25, -0.2) is 20.4 Å². The molecular weight excluding hydrogens is 533 g/mol. The number of nitrogens with zero attached hydrogens (tertiary/aromatic N) is 5. The first-order valence-corrected chi connectivity index (χ1v) is 12.3. The second-order valence-electron chi connectivity index (χ2n) is 8.08. The molecule has 0 aliphatic carbocycles. The van der Waals surface area contributed by atoms with E-state index in [1.807, 2.05) is 0 Å². The fourth-order valence-electron chi connectivity index (χ4n) is 4.12. The molecule has 1 aromatic rings. The van der Waals surface area contributed by atoms with Gasteiger partial charge in [-0.05, 0) is 6.92 Å². The van der Waals surface area contributed by atoms with Crippen molar-refractivity contribution >= 4 is 74.6 Å². The number of nitrogens with two attached hydrogens (primary N) is 1. The van der Waals surface area contributed by atoms with Gasteiger partial charge in [-0.1, -0.05) is 16.9 Å². The first-order valence-electron chi connectivity index (χ1n) is 10.5. The van der Waals surface area contributed by atoms with Crippen molar-refractivity contribution in [1.82, 2.24) is 19.8 Å². The van der Waals surface area contributed by atoms with E-state index in [2.05, 4.69) is 32.3 Å². The van der Waals surface area contributed by atoms with Crippen molar-refractivity contribution in [2.75, 3.05) is 19.6 Å². The van der Waals surface area contributed by atoms with Crippen LogP contribution in [0.4, 0.5) is 9.18 Å². The number of fused-ring (bicyclic) bond motifs is 1. The molecule has 0 bridgehead atoms. The summed E-state index contributed by atoms with van der Waals surface area (Å²) >= 11 is 2.11. The lowest BCUT2D eigenvalue weighted by molar-refractivity contribution is -0.159. The molecule has 2 unspecified atom stereocenters. The lowest BCUT2D eigenvalue weighted by Crippen LogP contribution is -2.60. The van der Waals surface area contributed by atoms with Crippen LogP contribution in [0.5, 0.6) is 0 Å². The summed E-state index contributed by atoms with van der Waals surface area (Å²) in [5.74, 6) is 0.954. The van der Waals surface area contributed by atoms with Crippen LogP contribution in [0.2, 0.25) is 0 Å². The average molecular weight is 550 g/mol. The van der Waals surface area contributed by atoms with Gasteiger partial charge in [0, 0.05) is 18.3 Å². The number of hydrogen-bond acceptors (Lipinski definition) is 13. The number of oxime groups is 1. The zero-order valence-electron chi connectivity index (χ0n) is 19.1. The minimum absolute atomic E-state index is 0.0373. The Morgan fingerprint density at radius 3 is 2.62 bits per heavy atom. The number of ketones is 1. The third-order valence-electron chi connectivity index (χ3n) is 5.92. The Labute approximate surface area is 219 Å². The highest BCUT2D eigenvalue weighted by Crippen LogP contribution is 2.53. The Morgan fingerprint density at radius 2 is 2.05 bits per heavy atom. The highest BCUT2D eigenvalue weighted by molar-refractivity contribution is 8.02. The van der Waals surface area contributed by atoms with E-state index in [1.165, 1.54) is 26.5 Å². The molecule has 4 radical (unpaired) electrons. The first-order chi connectivity index (χ1) is 17.5. The third kappa shape index (κ3) is 4.66. The van der Waals surface area contributed by atoms with E-state index < -0.39 is 64.3 Å². The number of carbonyl (C=O) groups excluding carboxylic acids is 5. The normalized spacial score (nSPS) is 26.0. The second-order valence-corrected chi connectivity index (χ2v) is 10.5. The van der Waals surface area contributed by atoms with Crippen molar-refractivity contribution in [1.29, 1.82) is 0 Å². The Kier molecular flexibility index (Phi) is 7.48. The maximum Gasteiger partial charge on any atom is 0.378 e. The molecule has 4 rings (SSSR count). The summed E-state index contributed by atoms with van der Waals surface area (Å²) in [6.07, 6.45) is -3.13. The molecule has 1 aromatic heterocycles. The van der Waals surface area contributed by atoms with E-state index in [0.29, 0.717) is 5.01 Å². The van der Waals surface area contributed by atoms with Crippen LogP contribution in [-0.4, -0.2) is 107 Å². The molecule has 0 aromatic carbocycles. The van der Waals surface area contributed by atoms with Gasteiger partial charge in [0.2, 0.25) is 10.8 Å². The molecule has 2 N–H and O–H groups in total. The summed E-state index contributed by atoms with van der Waals surface area (Å²) in [5, 5.41) is 5.67. The molecule has 0 saturated carbocycles. The Bertz CT molecular complexity index is 1190. The topological polar surface area (TPSA) is 174 Å². The van der Waals surface area contributed by atoms with Gasteiger partial charge in [-0.15, -0.1) is 11.3 Å². The number of carbonyl (C=O) groups is 5. The molecule has 3 aliphatic heterocycles. The molecule has 19 heteroatoms. The number of hydrogen-bond donors (Lipinski definition) is 1. The Hall–Kier alpha value is -3.18.